The van der Waals surface area contributed by atoms with E-state index in [0.717, 1.165) is 39.0 Å². The topological polar surface area (TPSA) is 61.4 Å². The van der Waals surface area contributed by atoms with Crippen molar-refractivity contribution in [1.29, 1.82) is 0 Å². The fourth-order valence-electron chi connectivity index (χ4n) is 2.37. The van der Waals surface area contributed by atoms with Crippen molar-refractivity contribution in [2.45, 2.75) is 25.7 Å². The second kappa shape index (κ2) is 7.93. The van der Waals surface area contributed by atoms with Crippen LogP contribution in [0.3, 0.4) is 0 Å². The maximum absolute atomic E-state index is 12.4. The van der Waals surface area contributed by atoms with Gasteiger partial charge in [-0.3, -0.25) is 4.79 Å². The van der Waals surface area contributed by atoms with E-state index in [1.165, 1.54) is 12.8 Å². The second-order valence-corrected chi connectivity index (χ2v) is 5.72. The maximum Gasteiger partial charge on any atom is 0.274 e. The number of carbonyl (C=O) groups is 1. The van der Waals surface area contributed by atoms with Crippen LogP contribution in [0.1, 0.15) is 36.2 Å². The summed E-state index contributed by atoms with van der Waals surface area (Å²) in [6.45, 7) is 3.41. The van der Waals surface area contributed by atoms with Gasteiger partial charge in [0, 0.05) is 26.2 Å². The van der Waals surface area contributed by atoms with Crippen LogP contribution in [-0.4, -0.2) is 65.9 Å². The molecular formula is C15H25N5O. The first-order valence-electron chi connectivity index (χ1n) is 7.67. The average Bonchev–Trinajstić information content (AvgIpc) is 2.76. The van der Waals surface area contributed by atoms with E-state index in [0.29, 0.717) is 11.5 Å². The lowest BCUT2D eigenvalue weighted by molar-refractivity contribution is 0.0755. The van der Waals surface area contributed by atoms with Crippen LogP contribution < -0.4 is 5.32 Å². The summed E-state index contributed by atoms with van der Waals surface area (Å²) in [5.41, 5.74) is 0.440. The second-order valence-electron chi connectivity index (χ2n) is 5.72. The summed E-state index contributed by atoms with van der Waals surface area (Å²) in [6, 6.07) is 0. The van der Waals surface area contributed by atoms with Gasteiger partial charge in [0.2, 0.25) is 0 Å². The van der Waals surface area contributed by atoms with Crippen molar-refractivity contribution < 1.29 is 4.79 Å². The summed E-state index contributed by atoms with van der Waals surface area (Å²) in [6.07, 6.45) is 7.81. The minimum absolute atomic E-state index is 0.00393. The molecule has 0 atom stereocenters. The van der Waals surface area contributed by atoms with E-state index in [1.54, 1.807) is 12.4 Å². The van der Waals surface area contributed by atoms with E-state index in [-0.39, 0.29) is 5.91 Å². The quantitative estimate of drug-likeness (QED) is 0.890. The monoisotopic (exact) mass is 291 g/mol. The highest BCUT2D eigenvalue weighted by atomic mass is 16.2. The fraction of sp³-hybridized carbons (Fsp3) is 0.667. The molecule has 1 N–H and O–H groups in total. The molecule has 1 aromatic rings. The molecule has 2 heterocycles. The highest BCUT2D eigenvalue weighted by Crippen LogP contribution is 2.12. The van der Waals surface area contributed by atoms with E-state index < -0.39 is 0 Å². The molecule has 0 saturated carbocycles. The molecule has 1 amide bonds. The number of nitrogens with zero attached hydrogens (tertiary/aromatic N) is 4. The van der Waals surface area contributed by atoms with Crippen molar-refractivity contribution in [2.24, 2.45) is 0 Å². The normalized spacial score (nSPS) is 15.9. The molecule has 0 radical (unpaired) electrons. The van der Waals surface area contributed by atoms with Gasteiger partial charge in [0.1, 0.15) is 11.5 Å². The zero-order valence-corrected chi connectivity index (χ0v) is 13.0. The van der Waals surface area contributed by atoms with Crippen molar-refractivity contribution in [3.8, 4) is 0 Å². The summed E-state index contributed by atoms with van der Waals surface area (Å²) in [4.78, 5) is 24.9. The summed E-state index contributed by atoms with van der Waals surface area (Å²) >= 11 is 0. The molecule has 6 heteroatoms. The first kappa shape index (κ1) is 15.7. The molecule has 1 fully saturated rings. The molecule has 0 aliphatic carbocycles. The maximum atomic E-state index is 12.4. The molecule has 1 aliphatic heterocycles. The number of rotatable bonds is 5. The Bertz CT molecular complexity index is 438. The predicted octanol–water partition coefficient (Wildman–Crippen LogP) is 1.47. The number of anilines is 1. The molecule has 116 valence electrons. The molecule has 0 aromatic carbocycles. The molecule has 6 nitrogen and oxygen atoms in total. The summed E-state index contributed by atoms with van der Waals surface area (Å²) in [7, 11) is 4.05. The Balaban J connectivity index is 1.89. The summed E-state index contributed by atoms with van der Waals surface area (Å²) in [5.74, 6) is 0.716. The van der Waals surface area contributed by atoms with Crippen molar-refractivity contribution in [2.75, 3.05) is 45.6 Å². The lowest BCUT2D eigenvalue weighted by Gasteiger charge is -2.19. The molecule has 0 unspecified atom stereocenters. The Kier molecular flexibility index (Phi) is 5.92. The molecule has 1 aliphatic rings. The van der Waals surface area contributed by atoms with E-state index in [4.69, 9.17) is 0 Å². The largest absolute Gasteiger partial charge is 0.368 e. The third-order valence-corrected chi connectivity index (χ3v) is 3.63. The van der Waals surface area contributed by atoms with E-state index in [1.807, 2.05) is 19.0 Å². The molecular weight excluding hydrogens is 266 g/mol. The molecule has 2 rings (SSSR count). The van der Waals surface area contributed by atoms with Crippen molar-refractivity contribution in [3.63, 3.8) is 0 Å². The number of aromatic nitrogens is 2. The average molecular weight is 291 g/mol. The molecule has 21 heavy (non-hydrogen) atoms. The van der Waals surface area contributed by atoms with Gasteiger partial charge in [-0.2, -0.15) is 0 Å². The zero-order chi connectivity index (χ0) is 15.1. The van der Waals surface area contributed by atoms with Gasteiger partial charge >= 0.3 is 0 Å². The molecule has 1 saturated heterocycles. The van der Waals surface area contributed by atoms with E-state index in [9.17, 15) is 4.79 Å². The van der Waals surface area contributed by atoms with Gasteiger partial charge in [-0.15, -0.1) is 0 Å². The molecule has 0 bridgehead atoms. The fourth-order valence-corrected chi connectivity index (χ4v) is 2.37. The van der Waals surface area contributed by atoms with Gasteiger partial charge in [0.15, 0.2) is 0 Å². The van der Waals surface area contributed by atoms with Gasteiger partial charge < -0.3 is 15.1 Å². The number of carbonyl (C=O) groups excluding carboxylic acids is 1. The lowest BCUT2D eigenvalue weighted by Crippen LogP contribution is -2.32. The van der Waals surface area contributed by atoms with Crippen LogP contribution in [0, 0.1) is 0 Å². The minimum Gasteiger partial charge on any atom is -0.368 e. The van der Waals surface area contributed by atoms with Crippen molar-refractivity contribution in [1.82, 2.24) is 19.8 Å². The predicted molar refractivity (Wildman–Crippen MR) is 83.4 cm³/mol. The minimum atomic E-state index is 0.00393. The van der Waals surface area contributed by atoms with Crippen LogP contribution in [-0.2, 0) is 0 Å². The van der Waals surface area contributed by atoms with Crippen LogP contribution >= 0.6 is 0 Å². The van der Waals surface area contributed by atoms with Crippen molar-refractivity contribution in [3.05, 3.63) is 18.1 Å². The van der Waals surface area contributed by atoms with Gasteiger partial charge in [0.05, 0.1) is 12.4 Å². The van der Waals surface area contributed by atoms with Crippen LogP contribution in [0.25, 0.3) is 0 Å². The molecule has 0 spiro atoms. The number of nitrogens with one attached hydrogen (secondary N) is 1. The van der Waals surface area contributed by atoms with Crippen LogP contribution in [0.15, 0.2) is 12.4 Å². The smallest absolute Gasteiger partial charge is 0.274 e. The van der Waals surface area contributed by atoms with Crippen LogP contribution in [0.4, 0.5) is 5.82 Å². The van der Waals surface area contributed by atoms with E-state index >= 15 is 0 Å². The number of hydrogen-bond donors (Lipinski definition) is 1. The Morgan fingerprint density at radius 2 is 1.90 bits per heavy atom. The number of likely N-dealkylation sites (tertiary alicyclic amines) is 1. The Hall–Kier alpha value is -1.69. The van der Waals surface area contributed by atoms with Gasteiger partial charge in [-0.05, 0) is 26.9 Å². The number of hydrogen-bond acceptors (Lipinski definition) is 5. The zero-order valence-electron chi connectivity index (χ0n) is 13.0. The van der Waals surface area contributed by atoms with E-state index in [2.05, 4.69) is 20.2 Å². The SMILES string of the molecule is CN(C)CCNc1cnc(C(=O)N2CCCCCC2)cn1. The van der Waals surface area contributed by atoms with Crippen LogP contribution in [0.2, 0.25) is 0 Å². The first-order chi connectivity index (χ1) is 10.2. The standard InChI is InChI=1S/C15H25N5O/c1-19(2)10-7-16-14-12-17-13(11-18-14)15(21)20-8-5-3-4-6-9-20/h11-12H,3-10H2,1-2H3,(H,16,18). The van der Waals surface area contributed by atoms with Crippen LogP contribution in [0.5, 0.6) is 0 Å². The van der Waals surface area contributed by atoms with Gasteiger partial charge in [-0.1, -0.05) is 12.8 Å². The van der Waals surface area contributed by atoms with Crippen molar-refractivity contribution >= 4 is 11.7 Å². The first-order valence-corrected chi connectivity index (χ1v) is 7.67. The Morgan fingerprint density at radius 3 is 2.48 bits per heavy atom. The summed E-state index contributed by atoms with van der Waals surface area (Å²) in [5, 5.41) is 3.19. The Morgan fingerprint density at radius 1 is 1.19 bits per heavy atom. The van der Waals surface area contributed by atoms with Gasteiger partial charge in [0.25, 0.3) is 5.91 Å². The lowest BCUT2D eigenvalue weighted by atomic mass is 10.2. The third kappa shape index (κ3) is 4.97. The molecule has 1 aromatic heterocycles. The third-order valence-electron chi connectivity index (χ3n) is 3.63. The highest BCUT2D eigenvalue weighted by molar-refractivity contribution is 5.92. The summed E-state index contributed by atoms with van der Waals surface area (Å²) < 4.78 is 0. The number of likely N-dealkylation sites (N-methyl/N-ethyl adjacent to an activating group) is 1. The Labute approximate surface area is 126 Å². The highest BCUT2D eigenvalue weighted by Gasteiger charge is 2.18. The van der Waals surface area contributed by atoms with Gasteiger partial charge in [-0.25, -0.2) is 9.97 Å². The number of amides is 1.